The van der Waals surface area contributed by atoms with Gasteiger partial charge in [0.25, 0.3) is 0 Å². The molecule has 2 N–H and O–H groups in total. The number of hydrogen-bond donors (Lipinski definition) is 1. The molecule has 0 amide bonds. The molecule has 102 valence electrons. The molecule has 0 aliphatic heterocycles. The second kappa shape index (κ2) is 4.46. The van der Waals surface area contributed by atoms with E-state index in [4.69, 9.17) is 10.7 Å². The van der Waals surface area contributed by atoms with Crippen molar-refractivity contribution >= 4 is 11.0 Å². The summed E-state index contributed by atoms with van der Waals surface area (Å²) >= 11 is 0. The predicted molar refractivity (Wildman–Crippen MR) is 83.4 cm³/mol. The lowest BCUT2D eigenvalue weighted by atomic mass is 9.95. The van der Waals surface area contributed by atoms with Gasteiger partial charge in [-0.15, -0.1) is 0 Å². The van der Waals surface area contributed by atoms with E-state index in [9.17, 15) is 0 Å². The van der Waals surface area contributed by atoms with E-state index in [2.05, 4.69) is 34.9 Å². The van der Waals surface area contributed by atoms with Gasteiger partial charge in [0, 0.05) is 18.2 Å². The highest BCUT2D eigenvalue weighted by Gasteiger charge is 2.16. The quantitative estimate of drug-likeness (QED) is 0.771. The number of fused-ring (bicyclic) bond motifs is 1. The molecule has 20 heavy (non-hydrogen) atoms. The first-order valence-corrected chi connectivity index (χ1v) is 6.78. The van der Waals surface area contributed by atoms with Gasteiger partial charge in [0.1, 0.15) is 5.82 Å². The van der Waals surface area contributed by atoms with Gasteiger partial charge >= 0.3 is 0 Å². The smallest absolute Gasteiger partial charge is 0.140 e. The summed E-state index contributed by atoms with van der Waals surface area (Å²) in [5.41, 5.74) is 10.2. The Morgan fingerprint density at radius 1 is 1.05 bits per heavy atom. The largest absolute Gasteiger partial charge is 0.327 e. The van der Waals surface area contributed by atoms with E-state index in [1.54, 1.807) is 0 Å². The Labute approximate surface area is 119 Å². The van der Waals surface area contributed by atoms with E-state index in [0.29, 0.717) is 0 Å². The number of nitrogens with two attached hydrogens (primary N) is 1. The highest BCUT2D eigenvalue weighted by atomic mass is 15.1. The Morgan fingerprint density at radius 3 is 2.40 bits per heavy atom. The number of aryl methyl sites for hydroxylation is 1. The summed E-state index contributed by atoms with van der Waals surface area (Å²) < 4.78 is 2.12. The molecule has 0 aliphatic rings. The third kappa shape index (κ3) is 2.10. The van der Waals surface area contributed by atoms with E-state index in [1.165, 1.54) is 0 Å². The van der Waals surface area contributed by atoms with Crippen molar-refractivity contribution < 1.29 is 0 Å². The van der Waals surface area contributed by atoms with Crippen LogP contribution in [0, 0.1) is 0 Å². The van der Waals surface area contributed by atoms with Crippen LogP contribution in [0.25, 0.3) is 22.4 Å². The van der Waals surface area contributed by atoms with Gasteiger partial charge in [-0.3, -0.25) is 0 Å². The maximum absolute atomic E-state index is 6.17. The van der Waals surface area contributed by atoms with Crippen LogP contribution >= 0.6 is 0 Å². The highest BCUT2D eigenvalue weighted by Crippen LogP contribution is 2.26. The molecule has 0 bridgehead atoms. The number of hydrogen-bond acceptors (Lipinski definition) is 2. The Bertz CT molecular complexity index is 749. The van der Waals surface area contributed by atoms with Crippen LogP contribution in [0.2, 0.25) is 0 Å². The fourth-order valence-corrected chi connectivity index (χ4v) is 2.45. The van der Waals surface area contributed by atoms with Crippen molar-refractivity contribution in [3.63, 3.8) is 0 Å². The normalized spacial score (nSPS) is 12.0. The Balaban J connectivity index is 2.20. The van der Waals surface area contributed by atoms with E-state index in [-0.39, 0.29) is 5.54 Å². The molecule has 3 aromatic rings. The topological polar surface area (TPSA) is 43.8 Å². The summed E-state index contributed by atoms with van der Waals surface area (Å²) in [6, 6.07) is 16.5. The van der Waals surface area contributed by atoms with Gasteiger partial charge in [-0.1, -0.05) is 36.4 Å². The molecule has 3 rings (SSSR count). The van der Waals surface area contributed by atoms with Crippen molar-refractivity contribution in [2.24, 2.45) is 12.8 Å². The fraction of sp³-hybridized carbons (Fsp3) is 0.235. The molecule has 0 saturated heterocycles. The molecule has 0 radical (unpaired) electrons. The Hall–Kier alpha value is -2.13. The first-order chi connectivity index (χ1) is 9.47. The zero-order chi connectivity index (χ0) is 14.3. The molecule has 0 spiro atoms. The number of aromatic nitrogens is 2. The van der Waals surface area contributed by atoms with E-state index in [0.717, 1.165) is 28.0 Å². The van der Waals surface area contributed by atoms with Crippen LogP contribution in [0.1, 0.15) is 19.4 Å². The van der Waals surface area contributed by atoms with E-state index < -0.39 is 0 Å². The molecule has 3 nitrogen and oxygen atoms in total. The van der Waals surface area contributed by atoms with E-state index in [1.807, 2.05) is 39.1 Å². The lowest BCUT2D eigenvalue weighted by molar-refractivity contribution is 0.555. The van der Waals surface area contributed by atoms with Crippen molar-refractivity contribution in [2.45, 2.75) is 19.4 Å². The Kier molecular flexibility index (Phi) is 2.87. The third-order valence-electron chi connectivity index (χ3n) is 3.66. The summed E-state index contributed by atoms with van der Waals surface area (Å²) in [5.74, 6) is 0.979. The number of rotatable bonds is 2. The Morgan fingerprint density at radius 2 is 1.75 bits per heavy atom. The zero-order valence-corrected chi connectivity index (χ0v) is 12.1. The van der Waals surface area contributed by atoms with Crippen LogP contribution < -0.4 is 5.73 Å². The summed E-state index contributed by atoms with van der Waals surface area (Å²) in [6.45, 7) is 4.02. The van der Waals surface area contributed by atoms with Crippen LogP contribution in [-0.2, 0) is 12.6 Å². The third-order valence-corrected chi connectivity index (χ3v) is 3.66. The van der Waals surface area contributed by atoms with Gasteiger partial charge in [-0.05, 0) is 31.5 Å². The van der Waals surface area contributed by atoms with Crippen LogP contribution in [0.3, 0.4) is 0 Å². The van der Waals surface area contributed by atoms with Crippen molar-refractivity contribution in [3.8, 4) is 11.4 Å². The molecule has 3 heteroatoms. The van der Waals surface area contributed by atoms with Crippen LogP contribution in [0.15, 0.2) is 48.5 Å². The number of benzene rings is 2. The molecule has 0 atom stereocenters. The first kappa shape index (κ1) is 12.9. The highest BCUT2D eigenvalue weighted by molar-refractivity contribution is 5.81. The summed E-state index contributed by atoms with van der Waals surface area (Å²) in [4.78, 5) is 4.76. The van der Waals surface area contributed by atoms with Crippen molar-refractivity contribution in [1.82, 2.24) is 9.55 Å². The summed E-state index contributed by atoms with van der Waals surface area (Å²) in [6.07, 6.45) is 0. The number of imidazole rings is 1. The second-order valence-electron chi connectivity index (χ2n) is 5.79. The molecule has 0 aliphatic carbocycles. The molecule has 0 fully saturated rings. The number of nitrogens with zero attached hydrogens (tertiary/aromatic N) is 2. The van der Waals surface area contributed by atoms with Gasteiger partial charge in [-0.2, -0.15) is 0 Å². The molecule has 1 heterocycles. The molecular weight excluding hydrogens is 246 g/mol. The zero-order valence-electron chi connectivity index (χ0n) is 12.1. The minimum absolute atomic E-state index is 0.349. The first-order valence-electron chi connectivity index (χ1n) is 6.78. The molecule has 1 aromatic heterocycles. The van der Waals surface area contributed by atoms with Gasteiger partial charge in [0.2, 0.25) is 0 Å². The van der Waals surface area contributed by atoms with Gasteiger partial charge < -0.3 is 10.3 Å². The summed E-state index contributed by atoms with van der Waals surface area (Å²) in [5, 5.41) is 0. The second-order valence-corrected chi connectivity index (χ2v) is 5.79. The predicted octanol–water partition coefficient (Wildman–Crippen LogP) is 3.43. The maximum Gasteiger partial charge on any atom is 0.140 e. The standard InChI is InChI=1S/C17H19N3/c1-17(2,18)13-9-10-15-14(11-13)19-16(20(15)3)12-7-5-4-6-8-12/h4-11H,18H2,1-3H3. The fourth-order valence-electron chi connectivity index (χ4n) is 2.45. The van der Waals surface area contributed by atoms with Crippen molar-refractivity contribution in [2.75, 3.05) is 0 Å². The van der Waals surface area contributed by atoms with Gasteiger partial charge in [0.15, 0.2) is 0 Å². The average Bonchev–Trinajstić information content (AvgIpc) is 2.76. The molecule has 0 saturated carbocycles. The van der Waals surface area contributed by atoms with Crippen LogP contribution in [0.4, 0.5) is 0 Å². The SMILES string of the molecule is Cn1c(-c2ccccc2)nc2cc(C(C)(C)N)ccc21. The van der Waals surface area contributed by atoms with Crippen LogP contribution in [-0.4, -0.2) is 9.55 Å². The van der Waals surface area contributed by atoms with Gasteiger partial charge in [0.05, 0.1) is 11.0 Å². The molecule has 2 aromatic carbocycles. The molecular formula is C17H19N3. The minimum atomic E-state index is -0.349. The van der Waals surface area contributed by atoms with Crippen LogP contribution in [0.5, 0.6) is 0 Å². The van der Waals surface area contributed by atoms with Crippen molar-refractivity contribution in [1.29, 1.82) is 0 Å². The summed E-state index contributed by atoms with van der Waals surface area (Å²) in [7, 11) is 2.05. The van der Waals surface area contributed by atoms with E-state index >= 15 is 0 Å². The lowest BCUT2D eigenvalue weighted by Gasteiger charge is -2.18. The average molecular weight is 265 g/mol. The lowest BCUT2D eigenvalue weighted by Crippen LogP contribution is -2.28. The minimum Gasteiger partial charge on any atom is -0.327 e. The van der Waals surface area contributed by atoms with Gasteiger partial charge in [-0.25, -0.2) is 4.98 Å². The van der Waals surface area contributed by atoms with Crippen molar-refractivity contribution in [3.05, 3.63) is 54.1 Å². The monoisotopic (exact) mass is 265 g/mol. The maximum atomic E-state index is 6.17. The molecule has 0 unspecified atom stereocenters.